The SMILES string of the molecule is CC.Cc1c(F)cc(N2CC[C@H](O)C2)cc1F.Cc1c(F)ccc2c1OCCN2C. The molecule has 1 N–H and O–H groups in total. The fraction of sp³-hybridized carbons (Fsp3) is 0.478. The molecule has 2 aromatic rings. The molecule has 0 aromatic heterocycles. The van der Waals surface area contributed by atoms with Crippen molar-refractivity contribution in [3.8, 4) is 5.75 Å². The van der Waals surface area contributed by atoms with Gasteiger partial charge in [0, 0.05) is 37.0 Å². The van der Waals surface area contributed by atoms with Gasteiger partial charge in [-0.05, 0) is 44.5 Å². The maximum absolute atomic E-state index is 13.3. The second-order valence-electron chi connectivity index (χ2n) is 7.21. The monoisotopic (exact) mass is 424 g/mol. The van der Waals surface area contributed by atoms with Gasteiger partial charge in [-0.1, -0.05) is 13.8 Å². The zero-order valence-corrected chi connectivity index (χ0v) is 18.3. The van der Waals surface area contributed by atoms with Crippen molar-refractivity contribution in [2.75, 3.05) is 43.1 Å². The van der Waals surface area contributed by atoms with E-state index in [0.717, 1.165) is 12.2 Å². The van der Waals surface area contributed by atoms with Gasteiger partial charge in [-0.25, -0.2) is 13.2 Å². The van der Waals surface area contributed by atoms with Crippen molar-refractivity contribution in [1.82, 2.24) is 0 Å². The molecule has 0 aliphatic carbocycles. The maximum atomic E-state index is 13.3. The number of fused-ring (bicyclic) bond motifs is 1. The molecule has 7 heteroatoms. The smallest absolute Gasteiger partial charge is 0.148 e. The molecule has 0 radical (unpaired) electrons. The second kappa shape index (κ2) is 10.6. The number of ether oxygens (including phenoxy) is 1. The molecule has 1 atom stereocenters. The molecule has 0 unspecified atom stereocenters. The average molecular weight is 425 g/mol. The third kappa shape index (κ3) is 5.39. The molecule has 2 aliphatic heterocycles. The number of hydrogen-bond donors (Lipinski definition) is 1. The van der Waals surface area contributed by atoms with E-state index in [9.17, 15) is 18.3 Å². The topological polar surface area (TPSA) is 35.9 Å². The van der Waals surface area contributed by atoms with Gasteiger partial charge >= 0.3 is 0 Å². The summed E-state index contributed by atoms with van der Waals surface area (Å²) in [7, 11) is 1.98. The number of nitrogens with zero attached hydrogens (tertiary/aromatic N) is 2. The summed E-state index contributed by atoms with van der Waals surface area (Å²) in [6, 6.07) is 5.88. The summed E-state index contributed by atoms with van der Waals surface area (Å²) >= 11 is 0. The Morgan fingerprint density at radius 2 is 1.60 bits per heavy atom. The van der Waals surface area contributed by atoms with Crippen LogP contribution in [0.5, 0.6) is 5.75 Å². The van der Waals surface area contributed by atoms with E-state index in [2.05, 4.69) is 4.90 Å². The minimum absolute atomic E-state index is 0.0403. The van der Waals surface area contributed by atoms with Crippen molar-refractivity contribution < 1.29 is 23.0 Å². The predicted molar refractivity (Wildman–Crippen MR) is 115 cm³/mol. The van der Waals surface area contributed by atoms with Crippen LogP contribution in [0.2, 0.25) is 0 Å². The number of anilines is 2. The molecular weight excluding hydrogens is 393 g/mol. The Kier molecular flexibility index (Phi) is 8.41. The lowest BCUT2D eigenvalue weighted by molar-refractivity contribution is 0.198. The van der Waals surface area contributed by atoms with E-state index in [1.54, 1.807) is 17.9 Å². The molecule has 1 saturated heterocycles. The van der Waals surface area contributed by atoms with Crippen molar-refractivity contribution in [3.63, 3.8) is 0 Å². The number of halogens is 3. The quantitative estimate of drug-likeness (QED) is 0.711. The fourth-order valence-electron chi connectivity index (χ4n) is 3.33. The zero-order chi connectivity index (χ0) is 22.4. The van der Waals surface area contributed by atoms with Crippen LogP contribution in [0.15, 0.2) is 24.3 Å². The molecule has 0 saturated carbocycles. The van der Waals surface area contributed by atoms with Crippen molar-refractivity contribution in [1.29, 1.82) is 0 Å². The Labute approximate surface area is 176 Å². The van der Waals surface area contributed by atoms with Gasteiger partial charge in [-0.2, -0.15) is 0 Å². The highest BCUT2D eigenvalue weighted by Crippen LogP contribution is 2.34. The summed E-state index contributed by atoms with van der Waals surface area (Å²) in [5, 5.41) is 9.32. The third-order valence-corrected chi connectivity index (χ3v) is 5.20. The summed E-state index contributed by atoms with van der Waals surface area (Å²) in [5.41, 5.74) is 2.12. The first-order valence-electron chi connectivity index (χ1n) is 10.3. The van der Waals surface area contributed by atoms with E-state index in [-0.39, 0.29) is 11.4 Å². The number of rotatable bonds is 1. The summed E-state index contributed by atoms with van der Waals surface area (Å²) in [4.78, 5) is 3.86. The van der Waals surface area contributed by atoms with Gasteiger partial charge < -0.3 is 19.6 Å². The average Bonchev–Trinajstić information content (AvgIpc) is 3.17. The largest absolute Gasteiger partial charge is 0.489 e. The highest BCUT2D eigenvalue weighted by Gasteiger charge is 2.22. The normalized spacial score (nSPS) is 17.3. The zero-order valence-electron chi connectivity index (χ0n) is 18.3. The first-order valence-corrected chi connectivity index (χ1v) is 10.3. The van der Waals surface area contributed by atoms with Crippen LogP contribution in [-0.4, -0.2) is 44.5 Å². The first-order chi connectivity index (χ1) is 14.3. The maximum Gasteiger partial charge on any atom is 0.148 e. The highest BCUT2D eigenvalue weighted by molar-refractivity contribution is 5.62. The molecule has 2 aromatic carbocycles. The van der Waals surface area contributed by atoms with Crippen molar-refractivity contribution >= 4 is 11.4 Å². The molecule has 1 fully saturated rings. The summed E-state index contributed by atoms with van der Waals surface area (Å²) in [6.45, 7) is 9.73. The Balaban J connectivity index is 0.000000199. The van der Waals surface area contributed by atoms with Gasteiger partial charge in [0.05, 0.1) is 18.3 Å². The van der Waals surface area contributed by atoms with Crippen LogP contribution < -0.4 is 14.5 Å². The van der Waals surface area contributed by atoms with Crippen molar-refractivity contribution in [2.24, 2.45) is 0 Å². The molecular formula is C23H31F3N2O2. The van der Waals surface area contributed by atoms with Crippen LogP contribution in [0.4, 0.5) is 24.5 Å². The molecule has 0 spiro atoms. The predicted octanol–water partition coefficient (Wildman–Crippen LogP) is 4.83. The van der Waals surface area contributed by atoms with Gasteiger partial charge in [-0.3, -0.25) is 0 Å². The molecule has 4 rings (SSSR count). The molecule has 166 valence electrons. The van der Waals surface area contributed by atoms with Crippen molar-refractivity contribution in [2.45, 2.75) is 40.2 Å². The van der Waals surface area contributed by atoms with Gasteiger partial charge in [0.25, 0.3) is 0 Å². The van der Waals surface area contributed by atoms with E-state index in [1.165, 1.54) is 25.1 Å². The van der Waals surface area contributed by atoms with E-state index < -0.39 is 17.7 Å². The number of benzene rings is 2. The van der Waals surface area contributed by atoms with Crippen LogP contribution in [-0.2, 0) is 0 Å². The summed E-state index contributed by atoms with van der Waals surface area (Å²) in [5.74, 6) is -0.583. The van der Waals surface area contributed by atoms with Gasteiger partial charge in [0.1, 0.15) is 29.8 Å². The molecule has 30 heavy (non-hydrogen) atoms. The first kappa shape index (κ1) is 23.9. The van der Waals surface area contributed by atoms with E-state index in [4.69, 9.17) is 4.74 Å². The molecule has 0 amide bonds. The van der Waals surface area contributed by atoms with E-state index in [1.807, 2.05) is 20.9 Å². The van der Waals surface area contributed by atoms with Crippen LogP contribution in [0.3, 0.4) is 0 Å². The highest BCUT2D eigenvalue weighted by atomic mass is 19.1. The molecule has 4 nitrogen and oxygen atoms in total. The molecule has 2 aliphatic rings. The molecule has 0 bridgehead atoms. The Morgan fingerprint density at radius 3 is 2.17 bits per heavy atom. The van der Waals surface area contributed by atoms with Crippen LogP contribution >= 0.6 is 0 Å². The summed E-state index contributed by atoms with van der Waals surface area (Å²) in [6.07, 6.45) is 0.259. The Hall–Kier alpha value is -2.41. The van der Waals surface area contributed by atoms with Crippen LogP contribution in [0.1, 0.15) is 31.4 Å². The minimum Gasteiger partial charge on any atom is -0.489 e. The van der Waals surface area contributed by atoms with Crippen molar-refractivity contribution in [3.05, 3.63) is 52.8 Å². The second-order valence-corrected chi connectivity index (χ2v) is 7.21. The number of β-amino-alcohol motifs (C(OH)–C–C–N with tert-alkyl or cyclic N) is 1. The number of aliphatic hydroxyl groups is 1. The standard InChI is InChI=1S/C11H13F2NO.C10H12FNO.C2H6/c1-7-10(12)4-8(5-11(7)13)14-3-2-9(15)6-14;1-7-8(11)3-4-9-10(7)13-6-5-12(9)2;1-2/h4-5,9,15H,2-3,6H2,1H3;3-4H,5-6H2,1-2H3;1-2H3/t9-;;/m0../s1. The van der Waals surface area contributed by atoms with E-state index in [0.29, 0.717) is 43.1 Å². The lowest BCUT2D eigenvalue weighted by Gasteiger charge is -2.28. The van der Waals surface area contributed by atoms with Gasteiger partial charge in [-0.15, -0.1) is 0 Å². The lowest BCUT2D eigenvalue weighted by Crippen LogP contribution is -2.29. The third-order valence-electron chi connectivity index (χ3n) is 5.20. The fourth-order valence-corrected chi connectivity index (χ4v) is 3.33. The van der Waals surface area contributed by atoms with Crippen LogP contribution in [0.25, 0.3) is 0 Å². The number of hydrogen-bond acceptors (Lipinski definition) is 4. The molecule has 2 heterocycles. The number of likely N-dealkylation sites (N-methyl/N-ethyl adjacent to an activating group) is 1. The Bertz CT molecular complexity index is 838. The Morgan fingerprint density at radius 1 is 0.967 bits per heavy atom. The summed E-state index contributed by atoms with van der Waals surface area (Å²) < 4.78 is 45.1. The number of aliphatic hydroxyl groups excluding tert-OH is 1. The van der Waals surface area contributed by atoms with E-state index >= 15 is 0 Å². The van der Waals surface area contributed by atoms with Gasteiger partial charge in [0.15, 0.2) is 0 Å². The minimum atomic E-state index is -0.536. The van der Waals surface area contributed by atoms with Gasteiger partial charge in [0.2, 0.25) is 0 Å². The van der Waals surface area contributed by atoms with Crippen LogP contribution in [0, 0.1) is 31.3 Å². The lowest BCUT2D eigenvalue weighted by atomic mass is 10.1.